The van der Waals surface area contributed by atoms with Crippen LogP contribution in [0.25, 0.3) is 0 Å². The molecule has 144 valence electrons. The highest BCUT2D eigenvalue weighted by Crippen LogP contribution is 2.29. The number of nitrogens with zero attached hydrogens (tertiary/aromatic N) is 2. The fourth-order valence-electron chi connectivity index (χ4n) is 3.27. The molecule has 28 heavy (non-hydrogen) atoms. The minimum atomic E-state index is -0.130. The van der Waals surface area contributed by atoms with Gasteiger partial charge in [0.1, 0.15) is 0 Å². The molecule has 2 amide bonds. The number of carbonyl (C=O) groups is 2. The van der Waals surface area contributed by atoms with Crippen molar-refractivity contribution < 1.29 is 9.59 Å². The number of amides is 2. The Bertz CT molecular complexity index is 951. The van der Waals surface area contributed by atoms with Gasteiger partial charge in [-0.15, -0.1) is 11.3 Å². The number of rotatable bonds is 6. The third kappa shape index (κ3) is 4.48. The molecular formula is C21H21N3O2S2. The lowest BCUT2D eigenvalue weighted by Crippen LogP contribution is -2.35. The topological polar surface area (TPSA) is 62.3 Å². The molecule has 4 rings (SSSR count). The second-order valence-electron chi connectivity index (χ2n) is 6.72. The van der Waals surface area contributed by atoms with Crippen LogP contribution in [0.5, 0.6) is 0 Å². The molecule has 0 atom stereocenters. The molecule has 1 aliphatic heterocycles. The Hall–Kier alpha value is -2.51. The normalized spacial score (nSPS) is 13.2. The fourth-order valence-corrected chi connectivity index (χ4v) is 4.91. The summed E-state index contributed by atoms with van der Waals surface area (Å²) in [7, 11) is 0. The van der Waals surface area contributed by atoms with Crippen LogP contribution in [-0.2, 0) is 24.2 Å². The maximum Gasteiger partial charge on any atom is 0.267 e. The van der Waals surface area contributed by atoms with Crippen LogP contribution in [0.3, 0.4) is 0 Å². The standard InChI is InChI=1S/C21H21N3O2S2/c25-19(10-4-8-15-6-2-1-3-7-15)24-12-11-16-18(14-24)28-21(22-16)23-20(26)17-9-5-13-27-17/h1-3,5-7,9,13H,4,8,10-12,14H2,(H,22,23,26). The molecule has 1 N–H and O–H groups in total. The molecule has 0 bridgehead atoms. The predicted molar refractivity (Wildman–Crippen MR) is 113 cm³/mol. The zero-order chi connectivity index (χ0) is 19.3. The smallest absolute Gasteiger partial charge is 0.267 e. The Morgan fingerprint density at radius 3 is 2.79 bits per heavy atom. The van der Waals surface area contributed by atoms with Gasteiger partial charge in [0, 0.05) is 24.3 Å². The summed E-state index contributed by atoms with van der Waals surface area (Å²) in [5.74, 6) is 0.0640. The molecule has 7 heteroatoms. The molecular weight excluding hydrogens is 390 g/mol. The molecule has 0 spiro atoms. The first-order valence-electron chi connectivity index (χ1n) is 9.34. The van der Waals surface area contributed by atoms with Gasteiger partial charge in [0.15, 0.2) is 5.13 Å². The number of hydrogen-bond acceptors (Lipinski definition) is 5. The third-order valence-corrected chi connectivity index (χ3v) is 6.61. The maximum atomic E-state index is 12.6. The van der Waals surface area contributed by atoms with Crippen molar-refractivity contribution in [2.75, 3.05) is 11.9 Å². The minimum Gasteiger partial charge on any atom is -0.337 e. The number of aryl methyl sites for hydroxylation is 1. The first kappa shape index (κ1) is 18.8. The Morgan fingerprint density at radius 1 is 1.14 bits per heavy atom. The van der Waals surface area contributed by atoms with Gasteiger partial charge in [0.05, 0.1) is 17.1 Å². The summed E-state index contributed by atoms with van der Waals surface area (Å²) in [6, 6.07) is 13.9. The average molecular weight is 412 g/mol. The number of benzene rings is 1. The van der Waals surface area contributed by atoms with Crippen molar-refractivity contribution in [1.29, 1.82) is 0 Å². The number of thiazole rings is 1. The molecule has 1 aliphatic rings. The molecule has 0 unspecified atom stereocenters. The molecule has 2 aromatic heterocycles. The molecule has 0 aliphatic carbocycles. The van der Waals surface area contributed by atoms with Crippen LogP contribution < -0.4 is 5.32 Å². The van der Waals surface area contributed by atoms with Gasteiger partial charge in [0.25, 0.3) is 5.91 Å². The molecule has 3 heterocycles. The van der Waals surface area contributed by atoms with E-state index in [0.717, 1.165) is 29.8 Å². The van der Waals surface area contributed by atoms with Crippen molar-refractivity contribution in [2.45, 2.75) is 32.2 Å². The lowest BCUT2D eigenvalue weighted by molar-refractivity contribution is -0.132. The highest BCUT2D eigenvalue weighted by molar-refractivity contribution is 7.16. The van der Waals surface area contributed by atoms with E-state index in [9.17, 15) is 9.59 Å². The molecule has 0 fully saturated rings. The predicted octanol–water partition coefficient (Wildman–Crippen LogP) is 4.36. The van der Waals surface area contributed by atoms with Crippen molar-refractivity contribution in [3.05, 3.63) is 68.9 Å². The van der Waals surface area contributed by atoms with Crippen LogP contribution in [0, 0.1) is 0 Å². The lowest BCUT2D eigenvalue weighted by atomic mass is 10.1. The molecule has 3 aromatic rings. The van der Waals surface area contributed by atoms with Crippen molar-refractivity contribution in [3.8, 4) is 0 Å². The minimum absolute atomic E-state index is 0.130. The number of fused-ring (bicyclic) bond motifs is 1. The zero-order valence-corrected chi connectivity index (χ0v) is 17.0. The molecule has 0 saturated heterocycles. The van der Waals surface area contributed by atoms with Crippen molar-refractivity contribution >= 4 is 39.6 Å². The van der Waals surface area contributed by atoms with Gasteiger partial charge in [-0.3, -0.25) is 14.9 Å². The lowest BCUT2D eigenvalue weighted by Gasteiger charge is -2.26. The van der Waals surface area contributed by atoms with Crippen LogP contribution in [0.1, 0.15) is 38.6 Å². The summed E-state index contributed by atoms with van der Waals surface area (Å²) < 4.78 is 0. The van der Waals surface area contributed by atoms with E-state index in [-0.39, 0.29) is 11.8 Å². The summed E-state index contributed by atoms with van der Waals surface area (Å²) in [6.45, 7) is 1.28. The number of carbonyl (C=O) groups excluding carboxylic acids is 2. The third-order valence-electron chi connectivity index (χ3n) is 4.75. The highest BCUT2D eigenvalue weighted by Gasteiger charge is 2.24. The number of nitrogens with one attached hydrogen (secondary N) is 1. The van der Waals surface area contributed by atoms with Crippen LogP contribution in [0.2, 0.25) is 0 Å². The number of aromatic nitrogens is 1. The van der Waals surface area contributed by atoms with Gasteiger partial charge < -0.3 is 4.90 Å². The average Bonchev–Trinajstić information content (AvgIpc) is 3.37. The van der Waals surface area contributed by atoms with E-state index in [1.165, 1.54) is 28.2 Å². The number of anilines is 1. The summed E-state index contributed by atoms with van der Waals surface area (Å²) >= 11 is 2.88. The molecule has 0 radical (unpaired) electrons. The Labute approximate surface area is 172 Å². The zero-order valence-electron chi connectivity index (χ0n) is 15.4. The van der Waals surface area contributed by atoms with Gasteiger partial charge in [-0.1, -0.05) is 47.7 Å². The second-order valence-corrected chi connectivity index (χ2v) is 8.76. The van der Waals surface area contributed by atoms with Gasteiger partial charge in [-0.2, -0.15) is 0 Å². The van der Waals surface area contributed by atoms with Crippen LogP contribution in [0.4, 0.5) is 5.13 Å². The number of hydrogen-bond donors (Lipinski definition) is 1. The summed E-state index contributed by atoms with van der Waals surface area (Å²) in [6.07, 6.45) is 3.08. The van der Waals surface area contributed by atoms with E-state index < -0.39 is 0 Å². The van der Waals surface area contributed by atoms with E-state index in [2.05, 4.69) is 22.4 Å². The summed E-state index contributed by atoms with van der Waals surface area (Å²) in [5, 5.41) is 5.36. The summed E-state index contributed by atoms with van der Waals surface area (Å²) in [5.41, 5.74) is 2.27. The quantitative estimate of drug-likeness (QED) is 0.655. The van der Waals surface area contributed by atoms with Crippen molar-refractivity contribution in [1.82, 2.24) is 9.88 Å². The summed E-state index contributed by atoms with van der Waals surface area (Å²) in [4.78, 5) is 33.0. The highest BCUT2D eigenvalue weighted by atomic mass is 32.1. The molecule has 1 aromatic carbocycles. The molecule has 5 nitrogen and oxygen atoms in total. The van der Waals surface area contributed by atoms with E-state index in [4.69, 9.17) is 0 Å². The van der Waals surface area contributed by atoms with E-state index in [1.807, 2.05) is 34.5 Å². The number of thiophene rings is 1. The second kappa shape index (κ2) is 8.67. The first-order chi connectivity index (χ1) is 13.7. The van der Waals surface area contributed by atoms with Crippen molar-refractivity contribution in [3.63, 3.8) is 0 Å². The monoisotopic (exact) mass is 411 g/mol. The van der Waals surface area contributed by atoms with E-state index in [1.54, 1.807) is 6.07 Å². The Kier molecular flexibility index (Phi) is 5.83. The Balaban J connectivity index is 1.31. The van der Waals surface area contributed by atoms with E-state index in [0.29, 0.717) is 29.5 Å². The molecule has 0 saturated carbocycles. The van der Waals surface area contributed by atoms with Gasteiger partial charge in [-0.05, 0) is 29.9 Å². The van der Waals surface area contributed by atoms with Gasteiger partial charge >= 0.3 is 0 Å². The largest absolute Gasteiger partial charge is 0.337 e. The SMILES string of the molecule is O=C(Nc1nc2c(s1)CN(C(=O)CCCc1ccccc1)CC2)c1cccs1. The van der Waals surface area contributed by atoms with Crippen molar-refractivity contribution in [2.24, 2.45) is 0 Å². The van der Waals surface area contributed by atoms with Crippen LogP contribution in [-0.4, -0.2) is 28.2 Å². The van der Waals surface area contributed by atoms with E-state index >= 15 is 0 Å². The first-order valence-corrected chi connectivity index (χ1v) is 11.0. The van der Waals surface area contributed by atoms with Crippen LogP contribution in [0.15, 0.2) is 47.8 Å². The maximum absolute atomic E-state index is 12.6. The fraction of sp³-hybridized carbons (Fsp3) is 0.286. The Morgan fingerprint density at radius 2 is 2.00 bits per heavy atom. The van der Waals surface area contributed by atoms with Crippen LogP contribution >= 0.6 is 22.7 Å². The van der Waals surface area contributed by atoms with Gasteiger partial charge in [-0.25, -0.2) is 4.98 Å². The van der Waals surface area contributed by atoms with Gasteiger partial charge in [0.2, 0.25) is 5.91 Å².